The fourth-order valence-corrected chi connectivity index (χ4v) is 3.61. The largest absolute Gasteiger partial charge is 0.347 e. The first kappa shape index (κ1) is 20.1. The Morgan fingerprint density at radius 1 is 1.15 bits per heavy atom. The highest BCUT2D eigenvalue weighted by atomic mass is 32.1. The fraction of sp³-hybridized carbons (Fsp3) is 0.400. The lowest BCUT2D eigenvalue weighted by molar-refractivity contribution is -0.127. The van der Waals surface area contributed by atoms with Gasteiger partial charge in [0.05, 0.1) is 18.6 Å². The summed E-state index contributed by atoms with van der Waals surface area (Å²) >= 11 is 1.63. The summed E-state index contributed by atoms with van der Waals surface area (Å²) in [5, 5.41) is 7.69. The van der Waals surface area contributed by atoms with Crippen LogP contribution in [0.15, 0.2) is 41.8 Å². The Kier molecular flexibility index (Phi) is 7.36. The summed E-state index contributed by atoms with van der Waals surface area (Å²) in [5.74, 6) is -0.497. The molecule has 5 nitrogen and oxygen atoms in total. The second-order valence-corrected chi connectivity index (χ2v) is 7.71. The number of benzene rings is 1. The van der Waals surface area contributed by atoms with Gasteiger partial charge in [0.25, 0.3) is 0 Å². The summed E-state index contributed by atoms with van der Waals surface area (Å²) in [6.45, 7) is 5.72. The van der Waals surface area contributed by atoms with Gasteiger partial charge in [-0.15, -0.1) is 11.3 Å². The van der Waals surface area contributed by atoms with Crippen molar-refractivity contribution in [2.45, 2.75) is 39.3 Å². The molecule has 0 saturated heterocycles. The van der Waals surface area contributed by atoms with Gasteiger partial charge in [0, 0.05) is 4.88 Å². The number of thiophene rings is 1. The van der Waals surface area contributed by atoms with Gasteiger partial charge in [-0.25, -0.2) is 0 Å². The van der Waals surface area contributed by atoms with E-state index in [4.69, 9.17) is 5.73 Å². The van der Waals surface area contributed by atoms with Crippen molar-refractivity contribution >= 4 is 23.2 Å². The van der Waals surface area contributed by atoms with E-state index in [1.165, 1.54) is 0 Å². The van der Waals surface area contributed by atoms with Crippen LogP contribution in [0.3, 0.4) is 0 Å². The zero-order chi connectivity index (χ0) is 19.1. The minimum absolute atomic E-state index is 0.0256. The Labute approximate surface area is 159 Å². The lowest BCUT2D eigenvalue weighted by Gasteiger charge is -2.20. The van der Waals surface area contributed by atoms with Crippen molar-refractivity contribution in [3.05, 3.63) is 57.8 Å². The van der Waals surface area contributed by atoms with Gasteiger partial charge in [-0.2, -0.15) is 0 Å². The van der Waals surface area contributed by atoms with E-state index < -0.39 is 6.04 Å². The molecule has 2 amide bonds. The van der Waals surface area contributed by atoms with Crippen LogP contribution in [-0.4, -0.2) is 24.4 Å². The van der Waals surface area contributed by atoms with E-state index in [1.54, 1.807) is 11.3 Å². The molecule has 2 rings (SSSR count). The van der Waals surface area contributed by atoms with E-state index in [2.05, 4.69) is 10.6 Å². The Balaban J connectivity index is 2.01. The number of hydrogen-bond donors (Lipinski definition) is 3. The monoisotopic (exact) mass is 373 g/mol. The van der Waals surface area contributed by atoms with Crippen LogP contribution in [0.4, 0.5) is 0 Å². The molecule has 0 bridgehead atoms. The predicted molar refractivity (Wildman–Crippen MR) is 106 cm³/mol. The summed E-state index contributed by atoms with van der Waals surface area (Å²) < 4.78 is 0. The molecule has 2 aromatic rings. The van der Waals surface area contributed by atoms with Gasteiger partial charge in [-0.3, -0.25) is 9.59 Å². The second kappa shape index (κ2) is 9.50. The standard InChI is InChI=1S/C20H27N3O2S/c1-13(2)18(21)20(25)22-12-17(24)23-16(19-14(3)9-10-26-19)11-15-7-5-4-6-8-15/h4-10,13,16,18H,11-12,21H2,1-3H3,(H,22,25)(H,23,24)/t16?,18-/m0/s1. The highest BCUT2D eigenvalue weighted by Gasteiger charge is 2.21. The van der Waals surface area contributed by atoms with E-state index in [1.807, 2.05) is 62.5 Å². The molecular formula is C20H27N3O2S. The number of carbonyl (C=O) groups excluding carboxylic acids is 2. The normalized spacial score (nSPS) is 13.3. The molecule has 1 heterocycles. The Morgan fingerprint density at radius 3 is 2.42 bits per heavy atom. The van der Waals surface area contributed by atoms with Crippen LogP contribution in [0.5, 0.6) is 0 Å². The molecule has 1 aromatic heterocycles. The predicted octanol–water partition coefficient (Wildman–Crippen LogP) is 2.56. The molecule has 2 atom stereocenters. The molecular weight excluding hydrogens is 346 g/mol. The molecule has 4 N–H and O–H groups in total. The number of hydrogen-bond acceptors (Lipinski definition) is 4. The quantitative estimate of drug-likeness (QED) is 0.665. The van der Waals surface area contributed by atoms with Gasteiger partial charge in [0.15, 0.2) is 0 Å². The summed E-state index contributed by atoms with van der Waals surface area (Å²) in [6, 6.07) is 11.4. The van der Waals surface area contributed by atoms with Crippen molar-refractivity contribution in [3.8, 4) is 0 Å². The van der Waals surface area contributed by atoms with Crippen LogP contribution in [-0.2, 0) is 16.0 Å². The number of carbonyl (C=O) groups is 2. The molecule has 1 unspecified atom stereocenters. The molecule has 26 heavy (non-hydrogen) atoms. The van der Waals surface area contributed by atoms with Gasteiger partial charge >= 0.3 is 0 Å². The number of rotatable bonds is 8. The van der Waals surface area contributed by atoms with Gasteiger partial charge in [0.1, 0.15) is 0 Å². The SMILES string of the molecule is Cc1ccsc1C(Cc1ccccc1)NC(=O)CNC(=O)[C@@H](N)C(C)C. The third-order valence-electron chi connectivity index (χ3n) is 4.28. The van der Waals surface area contributed by atoms with Crippen molar-refractivity contribution in [2.24, 2.45) is 11.7 Å². The Morgan fingerprint density at radius 2 is 1.85 bits per heavy atom. The second-order valence-electron chi connectivity index (χ2n) is 6.77. The van der Waals surface area contributed by atoms with Crippen LogP contribution in [0.1, 0.15) is 35.9 Å². The smallest absolute Gasteiger partial charge is 0.239 e. The van der Waals surface area contributed by atoms with Crippen LogP contribution in [0.25, 0.3) is 0 Å². The average molecular weight is 374 g/mol. The summed E-state index contributed by atoms with van der Waals surface area (Å²) in [4.78, 5) is 25.5. The van der Waals surface area contributed by atoms with Crippen LogP contribution in [0.2, 0.25) is 0 Å². The Hall–Kier alpha value is -2.18. The third kappa shape index (κ3) is 5.68. The highest BCUT2D eigenvalue weighted by Crippen LogP contribution is 2.26. The van der Waals surface area contributed by atoms with Crippen molar-refractivity contribution < 1.29 is 9.59 Å². The van der Waals surface area contributed by atoms with E-state index in [0.29, 0.717) is 6.42 Å². The summed E-state index contributed by atoms with van der Waals surface area (Å²) in [5.41, 5.74) is 8.11. The first-order chi connectivity index (χ1) is 12.4. The molecule has 0 spiro atoms. The first-order valence-corrected chi connectivity index (χ1v) is 9.67. The summed E-state index contributed by atoms with van der Waals surface area (Å²) in [7, 11) is 0. The van der Waals surface area contributed by atoms with Crippen molar-refractivity contribution in [2.75, 3.05) is 6.54 Å². The van der Waals surface area contributed by atoms with Gasteiger partial charge in [-0.1, -0.05) is 44.2 Å². The maximum atomic E-state index is 12.4. The van der Waals surface area contributed by atoms with E-state index in [-0.39, 0.29) is 30.3 Å². The van der Waals surface area contributed by atoms with Gasteiger partial charge < -0.3 is 16.4 Å². The molecule has 0 saturated carbocycles. The Bertz CT molecular complexity index is 728. The zero-order valence-electron chi connectivity index (χ0n) is 15.5. The number of nitrogens with one attached hydrogen (secondary N) is 2. The van der Waals surface area contributed by atoms with Crippen molar-refractivity contribution in [1.29, 1.82) is 0 Å². The number of amides is 2. The number of nitrogens with two attached hydrogens (primary N) is 1. The molecule has 1 aromatic carbocycles. The van der Waals surface area contributed by atoms with Crippen molar-refractivity contribution in [3.63, 3.8) is 0 Å². The average Bonchev–Trinajstić information content (AvgIpc) is 3.05. The van der Waals surface area contributed by atoms with Crippen LogP contribution in [0, 0.1) is 12.8 Å². The lowest BCUT2D eigenvalue weighted by atomic mass is 10.0. The molecule has 0 aliphatic heterocycles. The molecule has 6 heteroatoms. The van der Waals surface area contributed by atoms with Crippen LogP contribution < -0.4 is 16.4 Å². The molecule has 0 fully saturated rings. The van der Waals surface area contributed by atoms with E-state index in [0.717, 1.165) is 16.0 Å². The highest BCUT2D eigenvalue weighted by molar-refractivity contribution is 7.10. The minimum atomic E-state index is -0.609. The van der Waals surface area contributed by atoms with Gasteiger partial charge in [0.2, 0.25) is 11.8 Å². The summed E-state index contributed by atoms with van der Waals surface area (Å²) in [6.07, 6.45) is 0.702. The van der Waals surface area contributed by atoms with Crippen molar-refractivity contribution in [1.82, 2.24) is 10.6 Å². The topological polar surface area (TPSA) is 84.2 Å². The maximum absolute atomic E-state index is 12.4. The minimum Gasteiger partial charge on any atom is -0.347 e. The van der Waals surface area contributed by atoms with Gasteiger partial charge in [-0.05, 0) is 41.8 Å². The molecule has 0 radical (unpaired) electrons. The number of aryl methyl sites for hydroxylation is 1. The molecule has 0 aliphatic carbocycles. The fourth-order valence-electron chi connectivity index (χ4n) is 2.63. The van der Waals surface area contributed by atoms with E-state index >= 15 is 0 Å². The zero-order valence-corrected chi connectivity index (χ0v) is 16.3. The first-order valence-electron chi connectivity index (χ1n) is 8.79. The van der Waals surface area contributed by atoms with E-state index in [9.17, 15) is 9.59 Å². The molecule has 0 aliphatic rings. The third-order valence-corrected chi connectivity index (χ3v) is 5.41. The van der Waals surface area contributed by atoms with Crippen LogP contribution >= 0.6 is 11.3 Å². The lowest BCUT2D eigenvalue weighted by Crippen LogP contribution is -2.47. The molecule has 140 valence electrons. The maximum Gasteiger partial charge on any atom is 0.239 e.